The van der Waals surface area contributed by atoms with Crippen LogP contribution in [-0.2, 0) is 12.6 Å². The van der Waals surface area contributed by atoms with E-state index in [2.05, 4.69) is 41.3 Å². The van der Waals surface area contributed by atoms with Gasteiger partial charge in [-0.3, -0.25) is 0 Å². The van der Waals surface area contributed by atoms with Gasteiger partial charge in [0.15, 0.2) is 0 Å². The highest BCUT2D eigenvalue weighted by Gasteiger charge is 2.37. The summed E-state index contributed by atoms with van der Waals surface area (Å²) >= 11 is 0. The van der Waals surface area contributed by atoms with Gasteiger partial charge in [0.2, 0.25) is 11.7 Å². The fourth-order valence-corrected chi connectivity index (χ4v) is 5.31. The molecule has 2 aromatic carbocycles. The number of likely N-dealkylation sites (tertiary alicyclic amines) is 2. The Balaban J connectivity index is 1.41. The lowest BCUT2D eigenvalue weighted by Crippen LogP contribution is -2.51. The van der Waals surface area contributed by atoms with Gasteiger partial charge < -0.3 is 19.4 Å². The van der Waals surface area contributed by atoms with E-state index in [0.717, 1.165) is 24.1 Å². The Morgan fingerprint density at radius 1 is 1.05 bits per heavy atom. The molecule has 0 aliphatic carbocycles. The van der Waals surface area contributed by atoms with Crippen LogP contribution in [0.5, 0.6) is 0 Å². The maximum atomic E-state index is 13.5. The molecule has 2 amide bonds. The topological polar surface area (TPSA) is 82.7 Å². The number of piperidine rings is 2. The Hall–Kier alpha value is -3.40. The standard InChI is InChI=1S/C28H31F3N4O3/c1-2-18-6-8-19(9-7-18)21-14-22(17-35(16-21)27(37)34-12-10-24(36)11-13-34)26-32-25(33-38-26)20-4-3-5-23(15-20)28(29,30)31/h3-9,15,21-22,24,36H,2,10-14,16-17H2,1H3. The molecule has 2 aliphatic heterocycles. The monoisotopic (exact) mass is 528 g/mol. The van der Waals surface area contributed by atoms with Crippen molar-refractivity contribution < 1.29 is 27.6 Å². The zero-order chi connectivity index (χ0) is 26.9. The van der Waals surface area contributed by atoms with Gasteiger partial charge in [0, 0.05) is 37.7 Å². The van der Waals surface area contributed by atoms with E-state index < -0.39 is 11.7 Å². The lowest BCUT2D eigenvalue weighted by atomic mass is 9.84. The zero-order valence-electron chi connectivity index (χ0n) is 21.2. The summed E-state index contributed by atoms with van der Waals surface area (Å²) in [7, 11) is 0. The van der Waals surface area contributed by atoms with Gasteiger partial charge in [-0.15, -0.1) is 0 Å². The van der Waals surface area contributed by atoms with Crippen LogP contribution in [0.4, 0.5) is 18.0 Å². The van der Waals surface area contributed by atoms with Crippen LogP contribution in [0.1, 0.15) is 60.6 Å². The lowest BCUT2D eigenvalue weighted by molar-refractivity contribution is -0.137. The van der Waals surface area contributed by atoms with Crippen molar-refractivity contribution in [2.45, 2.75) is 56.7 Å². The second-order valence-corrected chi connectivity index (χ2v) is 10.2. The van der Waals surface area contributed by atoms with Gasteiger partial charge in [-0.2, -0.15) is 18.2 Å². The quantitative estimate of drug-likeness (QED) is 0.486. The summed E-state index contributed by atoms with van der Waals surface area (Å²) < 4.78 is 45.2. The summed E-state index contributed by atoms with van der Waals surface area (Å²) in [4.78, 5) is 21.5. The van der Waals surface area contributed by atoms with Gasteiger partial charge in [-0.25, -0.2) is 4.79 Å². The molecule has 3 aromatic rings. The van der Waals surface area contributed by atoms with Gasteiger partial charge in [-0.1, -0.05) is 48.5 Å². The van der Waals surface area contributed by atoms with Gasteiger partial charge in [0.25, 0.3) is 0 Å². The fraction of sp³-hybridized carbons (Fsp3) is 0.464. The first-order valence-corrected chi connectivity index (χ1v) is 13.0. The SMILES string of the molecule is CCc1ccc(C2CC(c3nc(-c4cccc(C(F)(F)F)c4)no3)CN(C(=O)N3CCC(O)CC3)C2)cc1. The summed E-state index contributed by atoms with van der Waals surface area (Å²) in [6, 6.07) is 13.1. The van der Waals surface area contributed by atoms with Gasteiger partial charge in [0.05, 0.1) is 17.6 Å². The molecule has 202 valence electrons. The van der Waals surface area contributed by atoms with Crippen LogP contribution in [0.3, 0.4) is 0 Å². The third-order valence-corrected chi connectivity index (χ3v) is 7.55. The second kappa shape index (κ2) is 10.8. The fourth-order valence-electron chi connectivity index (χ4n) is 5.31. The molecule has 0 spiro atoms. The number of halogens is 3. The number of rotatable bonds is 4. The number of carbonyl (C=O) groups excluding carboxylic acids is 1. The minimum absolute atomic E-state index is 0.0305. The number of benzene rings is 2. The molecule has 38 heavy (non-hydrogen) atoms. The van der Waals surface area contributed by atoms with Crippen LogP contribution < -0.4 is 0 Å². The highest BCUT2D eigenvalue weighted by Crippen LogP contribution is 2.37. The molecule has 2 aliphatic rings. The van der Waals surface area contributed by atoms with E-state index in [-0.39, 0.29) is 35.4 Å². The summed E-state index contributed by atoms with van der Waals surface area (Å²) in [5.41, 5.74) is 1.77. The number of alkyl halides is 3. The van der Waals surface area contributed by atoms with E-state index in [0.29, 0.717) is 51.3 Å². The first-order valence-electron chi connectivity index (χ1n) is 13.0. The lowest BCUT2D eigenvalue weighted by Gasteiger charge is -2.40. The molecule has 0 radical (unpaired) electrons. The van der Waals surface area contributed by atoms with Crippen molar-refractivity contribution in [3.63, 3.8) is 0 Å². The molecule has 2 unspecified atom stereocenters. The number of hydrogen-bond acceptors (Lipinski definition) is 5. The Kier molecular flexibility index (Phi) is 7.43. The van der Waals surface area contributed by atoms with Gasteiger partial charge >= 0.3 is 12.2 Å². The maximum absolute atomic E-state index is 13.5. The number of aliphatic hydroxyl groups excluding tert-OH is 1. The molecule has 10 heteroatoms. The number of aromatic nitrogens is 2. The predicted octanol–water partition coefficient (Wildman–Crippen LogP) is 5.47. The summed E-state index contributed by atoms with van der Waals surface area (Å²) in [6.07, 6.45) is -2.16. The first-order chi connectivity index (χ1) is 18.2. The van der Waals surface area contributed by atoms with Crippen LogP contribution >= 0.6 is 0 Å². The Labute approximate surface area is 219 Å². The molecule has 0 saturated carbocycles. The van der Waals surface area contributed by atoms with E-state index in [1.807, 2.05) is 0 Å². The van der Waals surface area contributed by atoms with E-state index in [4.69, 9.17) is 4.52 Å². The number of amides is 2. The van der Waals surface area contributed by atoms with Crippen LogP contribution in [0.25, 0.3) is 11.4 Å². The predicted molar refractivity (Wildman–Crippen MR) is 134 cm³/mol. The van der Waals surface area contributed by atoms with Crippen molar-refractivity contribution in [2.24, 2.45) is 0 Å². The van der Waals surface area contributed by atoms with E-state index in [9.17, 15) is 23.1 Å². The number of carbonyl (C=O) groups is 1. The molecular formula is C28H31F3N4O3. The third kappa shape index (κ3) is 5.70. The summed E-state index contributed by atoms with van der Waals surface area (Å²) in [6.45, 7) is 3.99. The van der Waals surface area contributed by atoms with Crippen LogP contribution in [0.2, 0.25) is 0 Å². The zero-order valence-corrected chi connectivity index (χ0v) is 21.2. The molecule has 5 rings (SSSR count). The minimum Gasteiger partial charge on any atom is -0.393 e. The van der Waals surface area contributed by atoms with Crippen LogP contribution in [0.15, 0.2) is 53.1 Å². The van der Waals surface area contributed by atoms with Crippen molar-refractivity contribution >= 4 is 6.03 Å². The molecule has 2 fully saturated rings. The molecule has 0 bridgehead atoms. The van der Waals surface area contributed by atoms with E-state index in [1.54, 1.807) is 9.80 Å². The maximum Gasteiger partial charge on any atom is 0.416 e. The normalized spacial score (nSPS) is 21.1. The largest absolute Gasteiger partial charge is 0.416 e. The molecular weight excluding hydrogens is 497 g/mol. The Morgan fingerprint density at radius 3 is 2.45 bits per heavy atom. The highest BCUT2D eigenvalue weighted by molar-refractivity contribution is 5.75. The smallest absolute Gasteiger partial charge is 0.393 e. The molecule has 7 nitrogen and oxygen atoms in total. The van der Waals surface area contributed by atoms with Gasteiger partial charge in [0.1, 0.15) is 0 Å². The van der Waals surface area contributed by atoms with E-state index in [1.165, 1.54) is 17.7 Å². The number of nitrogens with zero attached hydrogens (tertiary/aromatic N) is 4. The summed E-state index contributed by atoms with van der Waals surface area (Å²) in [5.74, 6) is 0.149. The van der Waals surface area contributed by atoms with Crippen molar-refractivity contribution in [3.8, 4) is 11.4 Å². The average molecular weight is 529 g/mol. The Bertz CT molecular complexity index is 1250. The molecule has 2 atom stereocenters. The van der Waals surface area contributed by atoms with E-state index >= 15 is 0 Å². The highest BCUT2D eigenvalue weighted by atomic mass is 19.4. The average Bonchev–Trinajstić information content (AvgIpc) is 3.43. The number of aryl methyl sites for hydroxylation is 1. The molecule has 3 heterocycles. The first kappa shape index (κ1) is 26.2. The summed E-state index contributed by atoms with van der Waals surface area (Å²) in [5, 5.41) is 13.8. The minimum atomic E-state index is -4.47. The van der Waals surface area contributed by atoms with Gasteiger partial charge in [-0.05, 0) is 48.9 Å². The molecule has 2 saturated heterocycles. The van der Waals surface area contributed by atoms with Crippen molar-refractivity contribution in [2.75, 3.05) is 26.2 Å². The Morgan fingerprint density at radius 2 is 1.76 bits per heavy atom. The van der Waals surface area contributed by atoms with Crippen molar-refractivity contribution in [1.82, 2.24) is 19.9 Å². The van der Waals surface area contributed by atoms with Crippen molar-refractivity contribution in [3.05, 3.63) is 71.1 Å². The van der Waals surface area contributed by atoms with Crippen LogP contribution in [0, 0.1) is 0 Å². The van der Waals surface area contributed by atoms with Crippen molar-refractivity contribution in [1.29, 1.82) is 0 Å². The third-order valence-electron chi connectivity index (χ3n) is 7.55. The molecule has 1 aromatic heterocycles. The molecule has 1 N–H and O–H groups in total. The second-order valence-electron chi connectivity index (χ2n) is 10.2. The number of hydrogen-bond donors (Lipinski definition) is 1. The number of urea groups is 1. The number of aliphatic hydroxyl groups is 1. The van der Waals surface area contributed by atoms with Crippen LogP contribution in [-0.4, -0.2) is 63.4 Å².